The maximum Gasteiger partial charge on any atom is 0.148 e. The number of rotatable bonds is 6. The predicted molar refractivity (Wildman–Crippen MR) is 119 cm³/mol. The fourth-order valence-corrected chi connectivity index (χ4v) is 3.69. The second-order valence-electron chi connectivity index (χ2n) is 8.45. The molecule has 0 amide bonds. The Morgan fingerprint density at radius 1 is 1.23 bits per heavy atom. The fraction of sp³-hybridized carbons (Fsp3) is 0.280. The molecule has 0 radical (unpaired) electrons. The highest BCUT2D eigenvalue weighted by molar-refractivity contribution is 5.68. The van der Waals surface area contributed by atoms with Crippen LogP contribution in [-0.2, 0) is 5.41 Å². The Bertz CT molecular complexity index is 1090. The molecule has 4 rings (SSSR count). The van der Waals surface area contributed by atoms with Crippen LogP contribution in [-0.4, -0.2) is 16.6 Å². The van der Waals surface area contributed by atoms with E-state index in [2.05, 4.69) is 54.4 Å². The van der Waals surface area contributed by atoms with Crippen molar-refractivity contribution in [3.05, 3.63) is 83.6 Å². The largest absolute Gasteiger partial charge is 0.492 e. The number of allylic oxidation sites excluding steroid dienone is 4. The van der Waals surface area contributed by atoms with E-state index in [0.29, 0.717) is 23.7 Å². The van der Waals surface area contributed by atoms with E-state index in [-0.39, 0.29) is 5.41 Å². The van der Waals surface area contributed by atoms with Gasteiger partial charge >= 0.3 is 0 Å². The van der Waals surface area contributed by atoms with Crippen molar-refractivity contribution < 1.29 is 9.13 Å². The Labute approximate surface area is 176 Å². The summed E-state index contributed by atoms with van der Waals surface area (Å²) in [6, 6.07) is 4.23. The van der Waals surface area contributed by atoms with Gasteiger partial charge < -0.3 is 10.1 Å². The highest BCUT2D eigenvalue weighted by Gasteiger charge is 2.32. The Morgan fingerprint density at radius 2 is 2.00 bits per heavy atom. The normalized spacial score (nSPS) is 16.5. The van der Waals surface area contributed by atoms with Crippen LogP contribution < -0.4 is 10.1 Å². The minimum atomic E-state index is -0.500. The van der Waals surface area contributed by atoms with Gasteiger partial charge in [-0.1, -0.05) is 39.2 Å². The first-order valence-corrected chi connectivity index (χ1v) is 10.1. The molecule has 2 aromatic rings. The van der Waals surface area contributed by atoms with E-state index in [9.17, 15) is 4.39 Å². The molecule has 2 aliphatic rings. The van der Waals surface area contributed by atoms with E-state index < -0.39 is 5.83 Å². The summed E-state index contributed by atoms with van der Waals surface area (Å²) in [5.41, 5.74) is 6.33. The second kappa shape index (κ2) is 7.56. The van der Waals surface area contributed by atoms with Crippen LogP contribution in [0.4, 0.5) is 10.2 Å². The number of fused-ring (bicyclic) bond motifs is 1. The summed E-state index contributed by atoms with van der Waals surface area (Å²) in [6.45, 7) is 14.2. The van der Waals surface area contributed by atoms with Crippen LogP contribution >= 0.6 is 0 Å². The standard InChI is InChI=1S/C25H26FN3O/c1-6-7-18(16(3)26)24(17-8-9-17)29-23-13-27-21(12-28-23)19-11-20-22(10-15(19)2)30-14-25(20,4)5/h6-7,10-13H,1,3,8-9,14H2,2,4-5H3,(H,28,29)/b18-7+. The van der Waals surface area contributed by atoms with Crippen LogP contribution in [0.1, 0.15) is 37.8 Å². The number of nitrogens with zero attached hydrogens (tertiary/aromatic N) is 2. The number of hydrogen-bond acceptors (Lipinski definition) is 4. The van der Waals surface area contributed by atoms with Gasteiger partial charge in [-0.2, -0.15) is 0 Å². The first kappa shape index (κ1) is 20.1. The van der Waals surface area contributed by atoms with Crippen molar-refractivity contribution in [3.63, 3.8) is 0 Å². The molecule has 1 N–H and O–H groups in total. The molecule has 2 heterocycles. The lowest BCUT2D eigenvalue weighted by Gasteiger charge is -2.17. The number of aryl methyl sites for hydroxylation is 1. The first-order chi connectivity index (χ1) is 14.3. The number of hydrogen-bond donors (Lipinski definition) is 1. The molecule has 1 aromatic heterocycles. The van der Waals surface area contributed by atoms with Crippen molar-refractivity contribution in [1.82, 2.24) is 9.97 Å². The van der Waals surface area contributed by atoms with E-state index >= 15 is 0 Å². The average molecular weight is 404 g/mol. The van der Waals surface area contributed by atoms with Gasteiger partial charge in [0, 0.05) is 27.8 Å². The summed E-state index contributed by atoms with van der Waals surface area (Å²) in [5.74, 6) is 1.01. The number of anilines is 1. The number of benzene rings is 1. The predicted octanol–water partition coefficient (Wildman–Crippen LogP) is 6.18. The number of nitrogens with one attached hydrogen (secondary N) is 1. The molecule has 1 aliphatic heterocycles. The van der Waals surface area contributed by atoms with E-state index in [1.54, 1.807) is 24.5 Å². The minimum Gasteiger partial charge on any atom is -0.492 e. The first-order valence-electron chi connectivity index (χ1n) is 10.1. The lowest BCUT2D eigenvalue weighted by Crippen LogP contribution is -2.18. The monoisotopic (exact) mass is 403 g/mol. The van der Waals surface area contributed by atoms with Crippen molar-refractivity contribution in [3.8, 4) is 17.0 Å². The van der Waals surface area contributed by atoms with Gasteiger partial charge in [0.2, 0.25) is 0 Å². The van der Waals surface area contributed by atoms with E-state index in [1.807, 2.05) is 6.92 Å². The van der Waals surface area contributed by atoms with Crippen molar-refractivity contribution in [1.29, 1.82) is 0 Å². The van der Waals surface area contributed by atoms with Crippen molar-refractivity contribution in [2.24, 2.45) is 0 Å². The molecule has 154 valence electrons. The quantitative estimate of drug-likeness (QED) is 0.585. The van der Waals surface area contributed by atoms with Crippen LogP contribution in [0.25, 0.3) is 11.3 Å². The van der Waals surface area contributed by atoms with E-state index in [1.165, 1.54) is 5.56 Å². The summed E-state index contributed by atoms with van der Waals surface area (Å²) >= 11 is 0. The fourth-order valence-electron chi connectivity index (χ4n) is 3.69. The zero-order valence-electron chi connectivity index (χ0n) is 17.7. The average Bonchev–Trinajstić information content (AvgIpc) is 3.50. The van der Waals surface area contributed by atoms with Gasteiger partial charge in [0.25, 0.3) is 0 Å². The summed E-state index contributed by atoms with van der Waals surface area (Å²) in [4.78, 5) is 9.16. The van der Waals surface area contributed by atoms with Crippen molar-refractivity contribution >= 4 is 5.82 Å². The van der Waals surface area contributed by atoms with Crippen LogP contribution in [0, 0.1) is 6.92 Å². The molecule has 1 fully saturated rings. The summed E-state index contributed by atoms with van der Waals surface area (Å²) in [6.07, 6.45) is 8.47. The van der Waals surface area contributed by atoms with Gasteiger partial charge in [-0.25, -0.2) is 9.37 Å². The van der Waals surface area contributed by atoms with Crippen LogP contribution in [0.3, 0.4) is 0 Å². The zero-order chi connectivity index (χ0) is 21.5. The molecule has 0 bridgehead atoms. The molecule has 1 saturated carbocycles. The maximum atomic E-state index is 14.0. The molecule has 0 spiro atoms. The van der Waals surface area contributed by atoms with Crippen LogP contribution in [0.15, 0.2) is 72.5 Å². The minimum absolute atomic E-state index is 0.0271. The lowest BCUT2D eigenvalue weighted by atomic mass is 9.85. The summed E-state index contributed by atoms with van der Waals surface area (Å²) < 4.78 is 19.8. The molecule has 0 unspecified atom stereocenters. The summed E-state index contributed by atoms with van der Waals surface area (Å²) in [5, 5.41) is 3.22. The zero-order valence-corrected chi connectivity index (χ0v) is 17.7. The highest BCUT2D eigenvalue weighted by Crippen LogP contribution is 2.42. The molecule has 0 saturated heterocycles. The SMILES string of the molecule is C=C/C=C(\C(=C)F)C(Nc1cnc(-c2cc3c(cc2C)OCC3(C)C)cn1)=C1CC1. The van der Waals surface area contributed by atoms with Crippen molar-refractivity contribution in [2.75, 3.05) is 11.9 Å². The third-order valence-electron chi connectivity index (χ3n) is 5.52. The molecule has 5 heteroatoms. The van der Waals surface area contributed by atoms with E-state index in [4.69, 9.17) is 4.74 Å². The van der Waals surface area contributed by atoms with Gasteiger partial charge in [0.1, 0.15) is 17.4 Å². The number of halogens is 1. The Balaban J connectivity index is 1.63. The van der Waals surface area contributed by atoms with Gasteiger partial charge in [-0.15, -0.1) is 0 Å². The number of aromatic nitrogens is 2. The lowest BCUT2D eigenvalue weighted by molar-refractivity contribution is 0.291. The molecule has 1 aromatic carbocycles. The molecular weight excluding hydrogens is 377 g/mol. The Morgan fingerprint density at radius 3 is 2.60 bits per heavy atom. The Kier molecular flexibility index (Phi) is 5.06. The van der Waals surface area contributed by atoms with Gasteiger partial charge in [0.05, 0.1) is 24.7 Å². The number of ether oxygens (including phenoxy) is 1. The second-order valence-corrected chi connectivity index (χ2v) is 8.45. The molecular formula is C25H26FN3O. The molecule has 30 heavy (non-hydrogen) atoms. The van der Waals surface area contributed by atoms with Gasteiger partial charge in [0.15, 0.2) is 0 Å². The molecule has 4 nitrogen and oxygen atoms in total. The summed E-state index contributed by atoms with van der Waals surface area (Å²) in [7, 11) is 0. The van der Waals surface area contributed by atoms with E-state index in [0.717, 1.165) is 41.0 Å². The van der Waals surface area contributed by atoms with Gasteiger partial charge in [-0.05, 0) is 43.0 Å². The Hall–Kier alpha value is -3.21. The maximum absolute atomic E-state index is 14.0. The molecule has 1 aliphatic carbocycles. The highest BCUT2D eigenvalue weighted by atomic mass is 19.1. The van der Waals surface area contributed by atoms with Crippen molar-refractivity contribution in [2.45, 2.75) is 39.0 Å². The topological polar surface area (TPSA) is 47.0 Å². The smallest absolute Gasteiger partial charge is 0.148 e. The third kappa shape index (κ3) is 3.80. The molecule has 0 atom stereocenters. The third-order valence-corrected chi connectivity index (χ3v) is 5.52. The van der Waals surface area contributed by atoms with Crippen LogP contribution in [0.2, 0.25) is 0 Å². The van der Waals surface area contributed by atoms with Crippen LogP contribution in [0.5, 0.6) is 5.75 Å². The van der Waals surface area contributed by atoms with Gasteiger partial charge in [-0.3, -0.25) is 4.98 Å².